The third-order valence-electron chi connectivity index (χ3n) is 2.28. The van der Waals surface area contributed by atoms with Crippen LogP contribution < -0.4 is 5.32 Å². The average Bonchev–Trinajstić information content (AvgIpc) is 2.63. The first kappa shape index (κ1) is 10.5. The van der Waals surface area contributed by atoms with Crippen LogP contribution in [0.2, 0.25) is 0 Å². The Kier molecular flexibility index (Phi) is 3.25. The second-order valence-corrected chi connectivity index (χ2v) is 4.52. The molecule has 1 aromatic carbocycles. The summed E-state index contributed by atoms with van der Waals surface area (Å²) < 4.78 is 1.23. The van der Waals surface area contributed by atoms with Crippen LogP contribution in [0.15, 0.2) is 30.5 Å². The summed E-state index contributed by atoms with van der Waals surface area (Å²) >= 11 is 2.32. The van der Waals surface area contributed by atoms with E-state index in [4.69, 9.17) is 0 Å². The number of hydrogen-bond acceptors (Lipinski definition) is 2. The summed E-state index contributed by atoms with van der Waals surface area (Å²) in [5.74, 6) is 0. The molecule has 0 spiro atoms. The number of para-hydroxylation sites is 1. The van der Waals surface area contributed by atoms with Crippen LogP contribution in [0.1, 0.15) is 11.3 Å². The molecule has 2 aromatic rings. The number of halogens is 1. The van der Waals surface area contributed by atoms with Gasteiger partial charge in [-0.2, -0.15) is 5.10 Å². The molecule has 0 unspecified atom stereocenters. The lowest BCUT2D eigenvalue weighted by atomic mass is 10.2. The first-order valence-corrected chi connectivity index (χ1v) is 5.82. The number of benzene rings is 1. The molecule has 3 nitrogen and oxygen atoms in total. The molecule has 2 N–H and O–H groups in total. The number of aryl methyl sites for hydroxylation is 1. The zero-order valence-corrected chi connectivity index (χ0v) is 10.6. The Balaban J connectivity index is 2.06. The second-order valence-electron chi connectivity index (χ2n) is 3.35. The maximum absolute atomic E-state index is 3.99. The highest BCUT2D eigenvalue weighted by Gasteiger charge is 2.01. The molecule has 78 valence electrons. The Morgan fingerprint density at radius 3 is 2.87 bits per heavy atom. The fraction of sp³-hybridized carbons (Fsp3) is 0.182. The number of anilines is 1. The number of nitrogens with zero attached hydrogens (tertiary/aromatic N) is 1. The molecule has 4 heteroatoms. The van der Waals surface area contributed by atoms with Crippen molar-refractivity contribution in [1.82, 2.24) is 10.2 Å². The Morgan fingerprint density at radius 2 is 2.20 bits per heavy atom. The topological polar surface area (TPSA) is 40.7 Å². The zero-order chi connectivity index (χ0) is 10.7. The van der Waals surface area contributed by atoms with E-state index in [2.05, 4.69) is 50.2 Å². The summed E-state index contributed by atoms with van der Waals surface area (Å²) in [5.41, 5.74) is 3.49. The molecule has 1 aromatic heterocycles. The lowest BCUT2D eigenvalue weighted by Gasteiger charge is -2.07. The first-order valence-electron chi connectivity index (χ1n) is 4.74. The maximum atomic E-state index is 3.99. The van der Waals surface area contributed by atoms with Gasteiger partial charge in [-0.15, -0.1) is 0 Å². The first-order chi connectivity index (χ1) is 7.27. The molecular formula is C11H12IN3. The molecule has 0 fully saturated rings. The fourth-order valence-electron chi connectivity index (χ4n) is 1.35. The highest BCUT2D eigenvalue weighted by atomic mass is 127. The summed E-state index contributed by atoms with van der Waals surface area (Å²) in [5, 5.41) is 10.3. The highest BCUT2D eigenvalue weighted by molar-refractivity contribution is 14.1. The number of hydrogen-bond donors (Lipinski definition) is 2. The number of H-pyrrole nitrogens is 1. The van der Waals surface area contributed by atoms with Crippen LogP contribution in [0.4, 0.5) is 5.69 Å². The van der Waals surface area contributed by atoms with E-state index in [0.29, 0.717) is 0 Å². The molecule has 0 aliphatic rings. The largest absolute Gasteiger partial charge is 0.380 e. The minimum atomic E-state index is 0.808. The van der Waals surface area contributed by atoms with Gasteiger partial charge in [-0.25, -0.2) is 0 Å². The monoisotopic (exact) mass is 313 g/mol. The van der Waals surface area contributed by atoms with E-state index >= 15 is 0 Å². The van der Waals surface area contributed by atoms with E-state index in [-0.39, 0.29) is 0 Å². The van der Waals surface area contributed by atoms with Crippen molar-refractivity contribution in [2.75, 3.05) is 5.32 Å². The molecule has 0 amide bonds. The van der Waals surface area contributed by atoms with Crippen molar-refractivity contribution in [2.24, 2.45) is 0 Å². The molecule has 0 aliphatic heterocycles. The van der Waals surface area contributed by atoms with Gasteiger partial charge in [-0.3, -0.25) is 5.10 Å². The molecule has 0 aliphatic carbocycles. The second kappa shape index (κ2) is 4.65. The average molecular weight is 313 g/mol. The molecule has 0 atom stereocenters. The summed E-state index contributed by atoms with van der Waals surface area (Å²) in [6.45, 7) is 2.84. The van der Waals surface area contributed by atoms with Crippen molar-refractivity contribution in [2.45, 2.75) is 13.5 Å². The third-order valence-corrected chi connectivity index (χ3v) is 3.22. The lowest BCUT2D eigenvalue weighted by Crippen LogP contribution is -2.01. The SMILES string of the molecule is Cc1[nH]ncc1CNc1ccccc1I. The molecule has 1 heterocycles. The predicted octanol–water partition coefficient (Wildman–Crippen LogP) is 2.93. The van der Waals surface area contributed by atoms with Gasteiger partial charge in [0.25, 0.3) is 0 Å². The molecule has 0 radical (unpaired) electrons. The van der Waals surface area contributed by atoms with Gasteiger partial charge in [0.2, 0.25) is 0 Å². The van der Waals surface area contributed by atoms with Crippen molar-refractivity contribution in [3.05, 3.63) is 45.3 Å². The van der Waals surface area contributed by atoms with E-state index in [0.717, 1.165) is 12.2 Å². The minimum absolute atomic E-state index is 0.808. The lowest BCUT2D eigenvalue weighted by molar-refractivity contribution is 1.04. The van der Waals surface area contributed by atoms with Gasteiger partial charge in [0.1, 0.15) is 0 Å². The van der Waals surface area contributed by atoms with Crippen molar-refractivity contribution in [1.29, 1.82) is 0 Å². The Bertz CT molecular complexity index is 451. The Hall–Kier alpha value is -1.04. The van der Waals surface area contributed by atoms with Gasteiger partial charge >= 0.3 is 0 Å². The van der Waals surface area contributed by atoms with Crippen molar-refractivity contribution < 1.29 is 0 Å². The molecule has 2 rings (SSSR count). The van der Waals surface area contributed by atoms with Crippen LogP contribution >= 0.6 is 22.6 Å². The Labute approximate surface area is 102 Å². The number of nitrogens with one attached hydrogen (secondary N) is 2. The van der Waals surface area contributed by atoms with E-state index in [1.165, 1.54) is 14.8 Å². The van der Waals surface area contributed by atoms with Gasteiger partial charge in [-0.1, -0.05) is 12.1 Å². The smallest absolute Gasteiger partial charge is 0.0539 e. The van der Waals surface area contributed by atoms with Gasteiger partial charge < -0.3 is 5.32 Å². The van der Waals surface area contributed by atoms with Crippen LogP contribution in [-0.4, -0.2) is 10.2 Å². The quantitative estimate of drug-likeness (QED) is 0.856. The third kappa shape index (κ3) is 2.50. The predicted molar refractivity (Wildman–Crippen MR) is 69.8 cm³/mol. The van der Waals surface area contributed by atoms with Gasteiger partial charge in [-0.05, 0) is 41.6 Å². The normalized spacial score (nSPS) is 10.3. The molecule has 0 saturated heterocycles. The van der Waals surface area contributed by atoms with Crippen molar-refractivity contribution in [3.8, 4) is 0 Å². The van der Waals surface area contributed by atoms with Crippen molar-refractivity contribution in [3.63, 3.8) is 0 Å². The summed E-state index contributed by atoms with van der Waals surface area (Å²) in [6.07, 6.45) is 1.86. The standard InChI is InChI=1S/C11H12IN3/c1-8-9(7-14-15-8)6-13-11-5-3-2-4-10(11)12/h2-5,7,13H,6H2,1H3,(H,14,15). The number of aromatic amines is 1. The van der Waals surface area contributed by atoms with E-state index in [1.807, 2.05) is 25.3 Å². The molecule has 0 bridgehead atoms. The van der Waals surface area contributed by atoms with Crippen LogP contribution in [-0.2, 0) is 6.54 Å². The highest BCUT2D eigenvalue weighted by Crippen LogP contribution is 2.18. The number of rotatable bonds is 3. The van der Waals surface area contributed by atoms with Gasteiger partial charge in [0.05, 0.1) is 6.20 Å². The summed E-state index contributed by atoms with van der Waals surface area (Å²) in [7, 11) is 0. The van der Waals surface area contributed by atoms with Gasteiger partial charge in [0.15, 0.2) is 0 Å². The summed E-state index contributed by atoms with van der Waals surface area (Å²) in [4.78, 5) is 0. The van der Waals surface area contributed by atoms with E-state index in [9.17, 15) is 0 Å². The van der Waals surface area contributed by atoms with E-state index in [1.54, 1.807) is 0 Å². The number of aromatic nitrogens is 2. The maximum Gasteiger partial charge on any atom is 0.0539 e. The zero-order valence-electron chi connectivity index (χ0n) is 8.42. The van der Waals surface area contributed by atoms with Gasteiger partial charge in [0, 0.05) is 27.1 Å². The van der Waals surface area contributed by atoms with E-state index < -0.39 is 0 Å². The molecule has 0 saturated carbocycles. The van der Waals surface area contributed by atoms with Crippen molar-refractivity contribution >= 4 is 28.3 Å². The van der Waals surface area contributed by atoms with Crippen LogP contribution in [0, 0.1) is 10.5 Å². The Morgan fingerprint density at radius 1 is 1.40 bits per heavy atom. The summed E-state index contributed by atoms with van der Waals surface area (Å²) in [6, 6.07) is 8.24. The minimum Gasteiger partial charge on any atom is -0.380 e. The van der Waals surface area contributed by atoms with Crippen LogP contribution in [0.5, 0.6) is 0 Å². The van der Waals surface area contributed by atoms with Crippen LogP contribution in [0.3, 0.4) is 0 Å². The fourth-order valence-corrected chi connectivity index (χ4v) is 1.93. The molecular weight excluding hydrogens is 301 g/mol. The van der Waals surface area contributed by atoms with Crippen LogP contribution in [0.25, 0.3) is 0 Å². The molecule has 15 heavy (non-hydrogen) atoms.